The minimum Gasteiger partial charge on any atom is -0.451 e. The van der Waals surface area contributed by atoms with Crippen molar-refractivity contribution in [3.63, 3.8) is 0 Å². The van der Waals surface area contributed by atoms with E-state index in [0.717, 1.165) is 87.9 Å². The molecule has 0 spiro atoms. The maximum absolute atomic E-state index is 12.5. The Balaban J connectivity index is 1.06. The molecule has 0 radical (unpaired) electrons. The minimum atomic E-state index is -0.146. The second kappa shape index (κ2) is 13.0. The Morgan fingerprint density at radius 3 is 2.70 bits per heavy atom. The van der Waals surface area contributed by atoms with Gasteiger partial charge in [0.05, 0.1) is 11.6 Å². The van der Waals surface area contributed by atoms with Gasteiger partial charge in [-0.25, -0.2) is 0 Å². The van der Waals surface area contributed by atoms with Crippen molar-refractivity contribution in [2.45, 2.75) is 32.1 Å². The quantitative estimate of drug-likeness (QED) is 0.246. The fourth-order valence-electron chi connectivity index (χ4n) is 5.52. The highest BCUT2D eigenvalue weighted by atomic mass is 16.3. The molecule has 0 saturated carbocycles. The molecule has 8 nitrogen and oxygen atoms in total. The van der Waals surface area contributed by atoms with Gasteiger partial charge in [0.2, 0.25) is 0 Å². The molecule has 0 atom stereocenters. The van der Waals surface area contributed by atoms with Gasteiger partial charge >= 0.3 is 0 Å². The number of aromatic amines is 1. The zero-order valence-electron chi connectivity index (χ0n) is 23.7. The highest BCUT2D eigenvalue weighted by Crippen LogP contribution is 2.26. The van der Waals surface area contributed by atoms with Gasteiger partial charge in [0.25, 0.3) is 5.91 Å². The summed E-state index contributed by atoms with van der Waals surface area (Å²) in [6, 6.07) is 16.2. The van der Waals surface area contributed by atoms with Crippen molar-refractivity contribution in [1.29, 1.82) is 5.26 Å². The van der Waals surface area contributed by atoms with Crippen molar-refractivity contribution in [3.05, 3.63) is 65.5 Å². The molecule has 1 aliphatic heterocycles. The van der Waals surface area contributed by atoms with Crippen LogP contribution in [-0.2, 0) is 6.42 Å². The maximum Gasteiger partial charge on any atom is 0.287 e. The molecule has 1 aliphatic rings. The molecular weight excluding hydrogens is 500 g/mol. The third kappa shape index (κ3) is 6.85. The number of nitrogens with one attached hydrogen (secondary N) is 2. The minimum absolute atomic E-state index is 0.146. The highest BCUT2D eigenvalue weighted by molar-refractivity contribution is 5.96. The zero-order valence-corrected chi connectivity index (χ0v) is 23.7. The van der Waals surface area contributed by atoms with Crippen LogP contribution >= 0.6 is 0 Å². The molecule has 40 heavy (non-hydrogen) atoms. The molecular formula is C32H40N6O2. The van der Waals surface area contributed by atoms with Crippen molar-refractivity contribution < 1.29 is 9.21 Å². The van der Waals surface area contributed by atoms with E-state index in [0.29, 0.717) is 17.9 Å². The summed E-state index contributed by atoms with van der Waals surface area (Å²) < 4.78 is 5.84. The standard InChI is InChI=1S/C32H40N6O2/c1-36(2)13-6-4-12-34-32(39)31-21-26-20-27(9-11-30(26)40-31)38-17-15-37(16-18-38)14-5-3-7-25-23-35-29-10-8-24(22-33)19-28(25)29/h8-11,19-21,23,35H,3-7,12-18H2,1-2H3,(H,34,39). The van der Waals surface area contributed by atoms with Crippen LogP contribution in [0.3, 0.4) is 0 Å². The van der Waals surface area contributed by atoms with Gasteiger partial charge in [-0.2, -0.15) is 5.26 Å². The SMILES string of the molecule is CN(C)CCCCNC(=O)c1cc2cc(N3CCN(CCCCc4c[nH]c5ccc(C#N)cc45)CC3)ccc2o1. The number of nitrogens with zero attached hydrogens (tertiary/aromatic N) is 4. The third-order valence-corrected chi connectivity index (χ3v) is 7.85. The Hall–Kier alpha value is -3.80. The highest BCUT2D eigenvalue weighted by Gasteiger charge is 2.19. The van der Waals surface area contributed by atoms with Crippen LogP contribution in [0.1, 0.15) is 47.4 Å². The third-order valence-electron chi connectivity index (χ3n) is 7.85. The van der Waals surface area contributed by atoms with Crippen LogP contribution in [0.2, 0.25) is 0 Å². The zero-order chi connectivity index (χ0) is 27.9. The summed E-state index contributed by atoms with van der Waals surface area (Å²) in [4.78, 5) is 23.0. The number of benzene rings is 2. The monoisotopic (exact) mass is 540 g/mol. The molecule has 2 aromatic heterocycles. The largest absolute Gasteiger partial charge is 0.451 e. The fraction of sp³-hybridized carbons (Fsp3) is 0.438. The molecule has 0 unspecified atom stereocenters. The molecule has 0 bridgehead atoms. The van der Waals surface area contributed by atoms with Gasteiger partial charge in [0, 0.05) is 60.9 Å². The van der Waals surface area contributed by atoms with Crippen LogP contribution in [0.4, 0.5) is 5.69 Å². The van der Waals surface area contributed by atoms with Crippen LogP contribution in [0.15, 0.2) is 53.1 Å². The summed E-state index contributed by atoms with van der Waals surface area (Å²) in [5, 5.41) is 14.3. The van der Waals surface area contributed by atoms with E-state index in [1.54, 1.807) is 0 Å². The van der Waals surface area contributed by atoms with E-state index in [1.807, 2.05) is 30.3 Å². The van der Waals surface area contributed by atoms with E-state index in [1.165, 1.54) is 16.6 Å². The lowest BCUT2D eigenvalue weighted by atomic mass is 10.1. The van der Waals surface area contributed by atoms with E-state index in [-0.39, 0.29) is 5.91 Å². The number of furan rings is 1. The number of aryl methyl sites for hydroxylation is 1. The maximum atomic E-state index is 12.5. The molecule has 5 rings (SSSR count). The van der Waals surface area contributed by atoms with Gasteiger partial charge in [-0.1, -0.05) is 0 Å². The number of unbranched alkanes of at least 4 members (excludes halogenated alkanes) is 2. The Kier molecular flexibility index (Phi) is 9.04. The molecule has 1 amide bonds. The van der Waals surface area contributed by atoms with Crippen molar-refractivity contribution in [2.75, 3.05) is 64.8 Å². The van der Waals surface area contributed by atoms with Gasteiger partial charge in [0.15, 0.2) is 5.76 Å². The van der Waals surface area contributed by atoms with E-state index in [2.05, 4.69) is 63.5 Å². The van der Waals surface area contributed by atoms with Crippen LogP contribution in [0.5, 0.6) is 0 Å². The van der Waals surface area contributed by atoms with Crippen molar-refractivity contribution in [2.24, 2.45) is 0 Å². The van der Waals surface area contributed by atoms with Gasteiger partial charge in [-0.05, 0) is 107 Å². The number of H-pyrrole nitrogens is 1. The molecule has 2 N–H and O–H groups in total. The number of hydrogen-bond acceptors (Lipinski definition) is 6. The lowest BCUT2D eigenvalue weighted by molar-refractivity contribution is 0.0927. The number of nitriles is 1. The summed E-state index contributed by atoms with van der Waals surface area (Å²) in [6.45, 7) is 6.85. The molecule has 0 aliphatic carbocycles. The number of rotatable bonds is 12. The average molecular weight is 541 g/mol. The second-order valence-corrected chi connectivity index (χ2v) is 11.1. The smallest absolute Gasteiger partial charge is 0.287 e. The molecule has 3 heterocycles. The number of amides is 1. The second-order valence-electron chi connectivity index (χ2n) is 11.1. The molecule has 210 valence electrons. The number of fused-ring (bicyclic) bond motifs is 2. The lowest BCUT2D eigenvalue weighted by Gasteiger charge is -2.36. The first-order chi connectivity index (χ1) is 19.5. The van der Waals surface area contributed by atoms with Gasteiger partial charge in [-0.3, -0.25) is 9.69 Å². The van der Waals surface area contributed by atoms with E-state index < -0.39 is 0 Å². The Morgan fingerprint density at radius 1 is 1.05 bits per heavy atom. The predicted molar refractivity (Wildman–Crippen MR) is 161 cm³/mol. The summed E-state index contributed by atoms with van der Waals surface area (Å²) in [7, 11) is 4.12. The van der Waals surface area contributed by atoms with Gasteiger partial charge in [0.1, 0.15) is 5.58 Å². The summed E-state index contributed by atoms with van der Waals surface area (Å²) in [5.74, 6) is 0.232. The predicted octanol–water partition coefficient (Wildman–Crippen LogP) is 5.00. The molecule has 8 heteroatoms. The number of aromatic nitrogens is 1. The number of anilines is 1. The van der Waals surface area contributed by atoms with E-state index >= 15 is 0 Å². The number of carbonyl (C=O) groups is 1. The van der Waals surface area contributed by atoms with Crippen LogP contribution < -0.4 is 10.2 Å². The number of carbonyl (C=O) groups excluding carboxylic acids is 1. The van der Waals surface area contributed by atoms with Gasteiger partial charge in [-0.15, -0.1) is 0 Å². The van der Waals surface area contributed by atoms with Crippen LogP contribution in [-0.4, -0.2) is 80.6 Å². The number of hydrogen-bond donors (Lipinski definition) is 2. The van der Waals surface area contributed by atoms with E-state index in [9.17, 15) is 10.1 Å². The number of piperazine rings is 1. The van der Waals surface area contributed by atoms with Crippen molar-refractivity contribution in [1.82, 2.24) is 20.1 Å². The van der Waals surface area contributed by atoms with Crippen LogP contribution in [0.25, 0.3) is 21.9 Å². The first-order valence-corrected chi connectivity index (χ1v) is 14.4. The van der Waals surface area contributed by atoms with Crippen molar-refractivity contribution >= 4 is 33.5 Å². The normalized spacial score (nSPS) is 14.3. The van der Waals surface area contributed by atoms with E-state index in [4.69, 9.17) is 4.42 Å². The van der Waals surface area contributed by atoms with Crippen LogP contribution in [0, 0.1) is 11.3 Å². The first kappa shape index (κ1) is 27.8. The lowest BCUT2D eigenvalue weighted by Crippen LogP contribution is -2.46. The summed E-state index contributed by atoms with van der Waals surface area (Å²) in [6.07, 6.45) is 7.41. The first-order valence-electron chi connectivity index (χ1n) is 14.4. The summed E-state index contributed by atoms with van der Waals surface area (Å²) in [5.41, 5.74) is 5.04. The average Bonchev–Trinajstić information content (AvgIpc) is 3.58. The molecule has 2 aromatic carbocycles. The topological polar surface area (TPSA) is 91.5 Å². The summed E-state index contributed by atoms with van der Waals surface area (Å²) >= 11 is 0. The molecule has 4 aromatic rings. The Morgan fingerprint density at radius 2 is 1.90 bits per heavy atom. The van der Waals surface area contributed by atoms with Crippen molar-refractivity contribution in [3.8, 4) is 6.07 Å². The van der Waals surface area contributed by atoms with Gasteiger partial charge < -0.3 is 24.5 Å². The Labute approximate surface area is 236 Å². The Bertz CT molecular complexity index is 1470. The fourth-order valence-corrected chi connectivity index (χ4v) is 5.52. The molecule has 1 saturated heterocycles. The molecule has 1 fully saturated rings.